The largest absolute Gasteiger partial charge is 0.434 e. The standard InChI is InChI=1S/C15H13BrFN3O/c16-10-4-5-11(17)13(9-10)21-15-12(6-7-18)20-8-2-1-3-14(20)19-15/h1-5,8-9H,6-7,18H2. The summed E-state index contributed by atoms with van der Waals surface area (Å²) in [5.74, 6) is 0.0728. The number of hydrogen-bond donors (Lipinski definition) is 1. The highest BCUT2D eigenvalue weighted by atomic mass is 79.9. The summed E-state index contributed by atoms with van der Waals surface area (Å²) in [4.78, 5) is 4.40. The molecule has 3 rings (SSSR count). The number of pyridine rings is 1. The number of fused-ring (bicyclic) bond motifs is 1. The van der Waals surface area contributed by atoms with Gasteiger partial charge >= 0.3 is 0 Å². The maximum atomic E-state index is 13.8. The Labute approximate surface area is 129 Å². The van der Waals surface area contributed by atoms with E-state index in [0.29, 0.717) is 18.8 Å². The lowest BCUT2D eigenvalue weighted by atomic mass is 10.3. The van der Waals surface area contributed by atoms with E-state index in [1.807, 2.05) is 28.8 Å². The zero-order chi connectivity index (χ0) is 14.8. The minimum atomic E-state index is -0.436. The number of nitrogens with zero attached hydrogens (tertiary/aromatic N) is 2. The molecule has 2 heterocycles. The van der Waals surface area contributed by atoms with Gasteiger partial charge in [-0.3, -0.25) is 0 Å². The van der Waals surface area contributed by atoms with Gasteiger partial charge in [-0.2, -0.15) is 4.98 Å². The molecule has 0 saturated carbocycles. The van der Waals surface area contributed by atoms with E-state index in [2.05, 4.69) is 20.9 Å². The second-order valence-corrected chi connectivity index (χ2v) is 5.42. The van der Waals surface area contributed by atoms with E-state index in [-0.39, 0.29) is 5.75 Å². The van der Waals surface area contributed by atoms with Crippen molar-refractivity contribution in [3.05, 3.63) is 58.6 Å². The lowest BCUT2D eigenvalue weighted by molar-refractivity contribution is 0.424. The molecule has 21 heavy (non-hydrogen) atoms. The summed E-state index contributed by atoms with van der Waals surface area (Å²) in [6.07, 6.45) is 2.48. The smallest absolute Gasteiger partial charge is 0.241 e. The third-order valence-electron chi connectivity index (χ3n) is 3.07. The summed E-state index contributed by atoms with van der Waals surface area (Å²) in [6, 6.07) is 10.2. The Morgan fingerprint density at radius 3 is 2.95 bits per heavy atom. The van der Waals surface area contributed by atoms with Crippen LogP contribution in [0.25, 0.3) is 5.65 Å². The van der Waals surface area contributed by atoms with Crippen LogP contribution in [-0.2, 0) is 6.42 Å². The number of rotatable bonds is 4. The molecule has 6 heteroatoms. The minimum absolute atomic E-state index is 0.131. The van der Waals surface area contributed by atoms with E-state index in [1.165, 1.54) is 6.07 Å². The van der Waals surface area contributed by atoms with Crippen molar-refractivity contribution in [2.75, 3.05) is 6.54 Å². The molecule has 0 fully saturated rings. The molecular weight excluding hydrogens is 337 g/mol. The van der Waals surface area contributed by atoms with Gasteiger partial charge in [-0.1, -0.05) is 22.0 Å². The van der Waals surface area contributed by atoms with Gasteiger partial charge in [-0.15, -0.1) is 0 Å². The fourth-order valence-corrected chi connectivity index (χ4v) is 2.47. The maximum Gasteiger partial charge on any atom is 0.241 e. The first-order valence-corrected chi connectivity index (χ1v) is 7.27. The zero-order valence-electron chi connectivity index (χ0n) is 11.1. The first-order valence-electron chi connectivity index (χ1n) is 6.48. The molecule has 0 bridgehead atoms. The SMILES string of the molecule is NCCc1c(Oc2cc(Br)ccc2F)nc2ccccn12. The lowest BCUT2D eigenvalue weighted by Crippen LogP contribution is -2.06. The number of benzene rings is 1. The first kappa shape index (κ1) is 14.0. The molecule has 4 nitrogen and oxygen atoms in total. The summed E-state index contributed by atoms with van der Waals surface area (Å²) in [7, 11) is 0. The van der Waals surface area contributed by atoms with Crippen LogP contribution in [0.15, 0.2) is 47.1 Å². The number of ether oxygens (including phenoxy) is 1. The Kier molecular flexibility index (Phi) is 3.90. The van der Waals surface area contributed by atoms with Gasteiger partial charge in [0.15, 0.2) is 11.6 Å². The van der Waals surface area contributed by atoms with Crippen molar-refractivity contribution in [1.82, 2.24) is 9.38 Å². The Morgan fingerprint density at radius 1 is 1.29 bits per heavy atom. The summed E-state index contributed by atoms with van der Waals surface area (Å²) in [5, 5.41) is 0. The molecule has 0 aliphatic carbocycles. The summed E-state index contributed by atoms with van der Waals surface area (Å²) < 4.78 is 22.1. The number of halogens is 2. The Morgan fingerprint density at radius 2 is 2.14 bits per heavy atom. The van der Waals surface area contributed by atoms with Gasteiger partial charge in [0, 0.05) is 17.1 Å². The van der Waals surface area contributed by atoms with Crippen LogP contribution >= 0.6 is 15.9 Å². The van der Waals surface area contributed by atoms with Crippen molar-refractivity contribution in [1.29, 1.82) is 0 Å². The lowest BCUT2D eigenvalue weighted by Gasteiger charge is -2.07. The number of aromatic nitrogens is 2. The van der Waals surface area contributed by atoms with Crippen LogP contribution in [0.1, 0.15) is 5.69 Å². The van der Waals surface area contributed by atoms with E-state index >= 15 is 0 Å². The van der Waals surface area contributed by atoms with E-state index in [1.54, 1.807) is 12.1 Å². The van der Waals surface area contributed by atoms with E-state index < -0.39 is 5.82 Å². The minimum Gasteiger partial charge on any atom is -0.434 e. The third-order valence-corrected chi connectivity index (χ3v) is 3.57. The summed E-state index contributed by atoms with van der Waals surface area (Å²) >= 11 is 3.30. The average Bonchev–Trinajstić information content (AvgIpc) is 2.81. The number of hydrogen-bond acceptors (Lipinski definition) is 3. The third kappa shape index (κ3) is 2.77. The quantitative estimate of drug-likeness (QED) is 0.783. The predicted molar refractivity (Wildman–Crippen MR) is 82.1 cm³/mol. The molecule has 0 atom stereocenters. The van der Waals surface area contributed by atoms with Gasteiger partial charge in [0.2, 0.25) is 5.88 Å². The number of nitrogens with two attached hydrogens (primary N) is 1. The topological polar surface area (TPSA) is 52.5 Å². The van der Waals surface area contributed by atoms with Crippen LogP contribution in [0.2, 0.25) is 0 Å². The van der Waals surface area contributed by atoms with Crippen LogP contribution in [-0.4, -0.2) is 15.9 Å². The molecule has 0 aliphatic rings. The fraction of sp³-hybridized carbons (Fsp3) is 0.133. The van der Waals surface area contributed by atoms with Crippen molar-refractivity contribution >= 4 is 21.6 Å². The van der Waals surface area contributed by atoms with Gasteiger partial charge in [0.25, 0.3) is 0 Å². The molecule has 0 unspecified atom stereocenters. The van der Waals surface area contributed by atoms with Gasteiger partial charge < -0.3 is 14.9 Å². The Bertz CT molecular complexity index is 788. The molecule has 2 N–H and O–H groups in total. The van der Waals surface area contributed by atoms with E-state index in [0.717, 1.165) is 15.8 Å². The van der Waals surface area contributed by atoms with Crippen molar-refractivity contribution in [2.24, 2.45) is 5.73 Å². The highest BCUT2D eigenvalue weighted by Gasteiger charge is 2.15. The van der Waals surface area contributed by atoms with E-state index in [4.69, 9.17) is 10.5 Å². The maximum absolute atomic E-state index is 13.8. The zero-order valence-corrected chi connectivity index (χ0v) is 12.7. The van der Waals surface area contributed by atoms with Crippen molar-refractivity contribution in [3.8, 4) is 11.6 Å². The molecule has 0 radical (unpaired) electrons. The monoisotopic (exact) mass is 349 g/mol. The van der Waals surface area contributed by atoms with E-state index in [9.17, 15) is 4.39 Å². The summed E-state index contributed by atoms with van der Waals surface area (Å²) in [6.45, 7) is 0.458. The van der Waals surface area contributed by atoms with Crippen LogP contribution < -0.4 is 10.5 Å². The second kappa shape index (κ2) is 5.83. The highest BCUT2D eigenvalue weighted by Crippen LogP contribution is 2.30. The first-order chi connectivity index (χ1) is 10.2. The molecule has 3 aromatic rings. The molecule has 0 aliphatic heterocycles. The number of imidazole rings is 1. The fourth-order valence-electron chi connectivity index (χ4n) is 2.13. The average molecular weight is 350 g/mol. The van der Waals surface area contributed by atoms with Crippen LogP contribution in [0, 0.1) is 5.82 Å². The predicted octanol–water partition coefficient (Wildman–Crippen LogP) is 3.53. The van der Waals surface area contributed by atoms with Gasteiger partial charge in [-0.05, 0) is 36.9 Å². The van der Waals surface area contributed by atoms with Crippen LogP contribution in [0.4, 0.5) is 4.39 Å². The van der Waals surface area contributed by atoms with Crippen LogP contribution in [0.3, 0.4) is 0 Å². The molecule has 0 amide bonds. The Hall–Kier alpha value is -1.92. The molecule has 1 aromatic carbocycles. The molecule has 2 aromatic heterocycles. The normalized spacial score (nSPS) is 11.0. The summed E-state index contributed by atoms with van der Waals surface area (Å²) in [5.41, 5.74) is 7.22. The van der Waals surface area contributed by atoms with Crippen LogP contribution in [0.5, 0.6) is 11.6 Å². The molecule has 0 spiro atoms. The van der Waals surface area contributed by atoms with Gasteiger partial charge in [0.1, 0.15) is 5.65 Å². The van der Waals surface area contributed by atoms with Gasteiger partial charge in [-0.25, -0.2) is 4.39 Å². The molecular formula is C15H13BrFN3O. The van der Waals surface area contributed by atoms with Crippen molar-refractivity contribution in [3.63, 3.8) is 0 Å². The highest BCUT2D eigenvalue weighted by molar-refractivity contribution is 9.10. The van der Waals surface area contributed by atoms with Gasteiger partial charge in [0.05, 0.1) is 5.69 Å². The molecule has 0 saturated heterocycles. The molecule has 108 valence electrons. The Balaban J connectivity index is 2.07. The van der Waals surface area contributed by atoms with Crippen molar-refractivity contribution in [2.45, 2.75) is 6.42 Å². The van der Waals surface area contributed by atoms with Crippen molar-refractivity contribution < 1.29 is 9.13 Å². The second-order valence-electron chi connectivity index (χ2n) is 4.51.